The summed E-state index contributed by atoms with van der Waals surface area (Å²) in [7, 11) is -1.75. The van der Waals surface area contributed by atoms with Crippen molar-refractivity contribution in [2.75, 3.05) is 6.54 Å². The maximum Gasteiger partial charge on any atom is 0.243 e. The van der Waals surface area contributed by atoms with Gasteiger partial charge < -0.3 is 5.32 Å². The van der Waals surface area contributed by atoms with Gasteiger partial charge in [0.15, 0.2) is 0 Å². The van der Waals surface area contributed by atoms with E-state index in [1.165, 1.54) is 17.1 Å². The first-order valence-corrected chi connectivity index (χ1v) is 7.22. The largest absolute Gasteiger partial charge is 0.313 e. The number of sulfonamides is 1. The summed E-state index contributed by atoms with van der Waals surface area (Å²) in [6, 6.07) is 0.115. The summed E-state index contributed by atoms with van der Waals surface area (Å²) >= 11 is 0. The van der Waals surface area contributed by atoms with Crippen LogP contribution in [0.2, 0.25) is 0 Å². The number of rotatable bonds is 3. The number of aryl methyl sites for hydroxylation is 1. The normalized spacial score (nSPS) is 26.0. The van der Waals surface area contributed by atoms with Gasteiger partial charge in [0, 0.05) is 25.3 Å². The second kappa shape index (κ2) is 4.75. The van der Waals surface area contributed by atoms with Crippen molar-refractivity contribution in [2.24, 2.45) is 7.05 Å². The van der Waals surface area contributed by atoms with E-state index in [9.17, 15) is 8.42 Å². The van der Waals surface area contributed by atoms with Gasteiger partial charge >= 0.3 is 0 Å². The molecule has 2 heterocycles. The van der Waals surface area contributed by atoms with Crippen molar-refractivity contribution in [1.29, 1.82) is 0 Å². The topological polar surface area (TPSA) is 76.0 Å². The van der Waals surface area contributed by atoms with Gasteiger partial charge in [-0.3, -0.25) is 4.68 Å². The van der Waals surface area contributed by atoms with E-state index in [1.807, 2.05) is 6.92 Å². The molecule has 0 aliphatic carbocycles. The van der Waals surface area contributed by atoms with Crippen LogP contribution in [0.4, 0.5) is 0 Å². The number of hydrogen-bond acceptors (Lipinski definition) is 4. The standard InChI is InChI=1S/C10H18N4O2S/c1-8-10(4-3-5-11-8)13-17(15,16)9-6-12-14(2)7-9/h6-8,10-11,13H,3-5H2,1-2H3. The number of piperidine rings is 1. The van der Waals surface area contributed by atoms with Gasteiger partial charge in [0.25, 0.3) is 0 Å². The van der Waals surface area contributed by atoms with Crippen LogP contribution in [0.3, 0.4) is 0 Å². The van der Waals surface area contributed by atoms with Crippen LogP contribution in [-0.4, -0.2) is 36.8 Å². The lowest BCUT2D eigenvalue weighted by Gasteiger charge is -2.30. The Morgan fingerprint density at radius 2 is 2.35 bits per heavy atom. The highest BCUT2D eigenvalue weighted by Gasteiger charge is 2.27. The molecular weight excluding hydrogens is 240 g/mol. The first-order chi connectivity index (χ1) is 7.99. The number of aromatic nitrogens is 2. The van der Waals surface area contributed by atoms with E-state index >= 15 is 0 Å². The summed E-state index contributed by atoms with van der Waals surface area (Å²) in [5.41, 5.74) is 0. The van der Waals surface area contributed by atoms with Gasteiger partial charge in [-0.15, -0.1) is 0 Å². The Labute approximate surface area is 101 Å². The quantitative estimate of drug-likeness (QED) is 0.790. The Bertz CT molecular complexity index is 482. The SMILES string of the molecule is CC1NCCCC1NS(=O)(=O)c1cnn(C)c1. The summed E-state index contributed by atoms with van der Waals surface area (Å²) in [6.07, 6.45) is 4.73. The molecule has 96 valence electrons. The fraction of sp³-hybridized carbons (Fsp3) is 0.700. The molecule has 1 saturated heterocycles. The Balaban J connectivity index is 2.11. The summed E-state index contributed by atoms with van der Waals surface area (Å²) < 4.78 is 28.3. The van der Waals surface area contributed by atoms with Gasteiger partial charge in [0.05, 0.1) is 6.20 Å². The average molecular weight is 258 g/mol. The summed E-state index contributed by atoms with van der Waals surface area (Å²) in [5, 5.41) is 7.14. The molecule has 6 nitrogen and oxygen atoms in total. The maximum atomic E-state index is 12.1. The number of hydrogen-bond donors (Lipinski definition) is 2. The number of nitrogens with zero attached hydrogens (tertiary/aromatic N) is 2. The monoisotopic (exact) mass is 258 g/mol. The molecule has 1 aromatic rings. The van der Waals surface area contributed by atoms with Crippen LogP contribution in [0.1, 0.15) is 19.8 Å². The smallest absolute Gasteiger partial charge is 0.243 e. The second-order valence-corrected chi connectivity index (χ2v) is 6.18. The molecule has 0 spiro atoms. The molecule has 1 aromatic heterocycles. The molecule has 0 saturated carbocycles. The van der Waals surface area contributed by atoms with Crippen LogP contribution >= 0.6 is 0 Å². The van der Waals surface area contributed by atoms with Crippen LogP contribution < -0.4 is 10.0 Å². The molecule has 1 aliphatic heterocycles. The van der Waals surface area contributed by atoms with Crippen molar-refractivity contribution >= 4 is 10.0 Å². The van der Waals surface area contributed by atoms with Crippen LogP contribution in [0.5, 0.6) is 0 Å². The molecule has 0 bridgehead atoms. The Hall–Kier alpha value is -0.920. The van der Waals surface area contributed by atoms with Gasteiger partial charge in [-0.1, -0.05) is 0 Å². The molecule has 7 heteroatoms. The highest BCUT2D eigenvalue weighted by Crippen LogP contribution is 2.13. The van der Waals surface area contributed by atoms with Gasteiger partial charge in [-0.25, -0.2) is 13.1 Å². The zero-order valence-corrected chi connectivity index (χ0v) is 10.9. The molecule has 0 radical (unpaired) electrons. The van der Waals surface area contributed by atoms with Crippen molar-refractivity contribution in [1.82, 2.24) is 19.8 Å². The number of nitrogens with one attached hydrogen (secondary N) is 2. The molecule has 1 fully saturated rings. The van der Waals surface area contributed by atoms with Gasteiger partial charge in [0.1, 0.15) is 4.90 Å². The predicted molar refractivity (Wildman–Crippen MR) is 64.0 cm³/mol. The van der Waals surface area contributed by atoms with Crippen molar-refractivity contribution in [3.05, 3.63) is 12.4 Å². The lowest BCUT2D eigenvalue weighted by atomic mass is 10.0. The third kappa shape index (κ3) is 2.85. The minimum atomic E-state index is -3.45. The zero-order chi connectivity index (χ0) is 12.5. The van der Waals surface area contributed by atoms with Crippen LogP contribution in [0, 0.1) is 0 Å². The van der Waals surface area contributed by atoms with Gasteiger partial charge in [0.2, 0.25) is 10.0 Å². The Morgan fingerprint density at radius 1 is 1.59 bits per heavy atom. The van der Waals surface area contributed by atoms with Crippen LogP contribution in [-0.2, 0) is 17.1 Å². The highest BCUT2D eigenvalue weighted by atomic mass is 32.2. The Kier molecular flexibility index (Phi) is 3.50. The molecule has 17 heavy (non-hydrogen) atoms. The maximum absolute atomic E-state index is 12.1. The lowest BCUT2D eigenvalue weighted by molar-refractivity contribution is 0.349. The summed E-state index contributed by atoms with van der Waals surface area (Å²) in [6.45, 7) is 2.95. The van der Waals surface area contributed by atoms with Crippen molar-refractivity contribution in [3.63, 3.8) is 0 Å². The van der Waals surface area contributed by atoms with E-state index in [-0.39, 0.29) is 17.0 Å². The van der Waals surface area contributed by atoms with E-state index in [1.54, 1.807) is 7.05 Å². The second-order valence-electron chi connectivity index (χ2n) is 4.46. The van der Waals surface area contributed by atoms with Crippen molar-refractivity contribution < 1.29 is 8.42 Å². The fourth-order valence-electron chi connectivity index (χ4n) is 2.01. The van der Waals surface area contributed by atoms with Crippen LogP contribution in [0.25, 0.3) is 0 Å². The first-order valence-electron chi connectivity index (χ1n) is 5.73. The van der Waals surface area contributed by atoms with E-state index in [0.717, 1.165) is 19.4 Å². The Morgan fingerprint density at radius 3 is 2.94 bits per heavy atom. The van der Waals surface area contributed by atoms with E-state index in [2.05, 4.69) is 15.1 Å². The summed E-state index contributed by atoms with van der Waals surface area (Å²) in [4.78, 5) is 0.220. The zero-order valence-electron chi connectivity index (χ0n) is 10.0. The summed E-state index contributed by atoms with van der Waals surface area (Å²) in [5.74, 6) is 0. The molecule has 0 aromatic carbocycles. The molecule has 2 unspecified atom stereocenters. The highest BCUT2D eigenvalue weighted by molar-refractivity contribution is 7.89. The molecule has 2 N–H and O–H groups in total. The van der Waals surface area contributed by atoms with Crippen LogP contribution in [0.15, 0.2) is 17.3 Å². The minimum Gasteiger partial charge on any atom is -0.313 e. The third-order valence-corrected chi connectivity index (χ3v) is 4.50. The third-order valence-electron chi connectivity index (χ3n) is 3.06. The predicted octanol–water partition coefficient (Wildman–Crippen LogP) is -0.161. The van der Waals surface area contributed by atoms with E-state index < -0.39 is 10.0 Å². The molecule has 2 atom stereocenters. The molecule has 0 amide bonds. The van der Waals surface area contributed by atoms with E-state index in [0.29, 0.717) is 0 Å². The minimum absolute atomic E-state index is 0.0473. The van der Waals surface area contributed by atoms with Crippen molar-refractivity contribution in [3.8, 4) is 0 Å². The van der Waals surface area contributed by atoms with Gasteiger partial charge in [-0.05, 0) is 26.3 Å². The fourth-order valence-corrected chi connectivity index (χ4v) is 3.34. The lowest BCUT2D eigenvalue weighted by Crippen LogP contribution is -2.51. The van der Waals surface area contributed by atoms with Gasteiger partial charge in [-0.2, -0.15) is 5.10 Å². The van der Waals surface area contributed by atoms with Crippen molar-refractivity contribution in [2.45, 2.75) is 36.7 Å². The first kappa shape index (κ1) is 12.5. The van der Waals surface area contributed by atoms with E-state index in [4.69, 9.17) is 0 Å². The molecular formula is C10H18N4O2S. The average Bonchev–Trinajstić information content (AvgIpc) is 2.69. The molecule has 1 aliphatic rings. The molecule has 2 rings (SSSR count).